The van der Waals surface area contributed by atoms with Crippen molar-refractivity contribution >= 4 is 21.8 Å². The number of hydrogen-bond acceptors (Lipinski definition) is 2. The summed E-state index contributed by atoms with van der Waals surface area (Å²) in [5, 5.41) is 0. The van der Waals surface area contributed by atoms with Crippen molar-refractivity contribution < 1.29 is 9.18 Å². The minimum absolute atomic E-state index is 0.00789. The molecule has 1 aromatic carbocycles. The zero-order chi connectivity index (χ0) is 14.2. The van der Waals surface area contributed by atoms with E-state index in [1.54, 1.807) is 17.0 Å². The maximum atomic E-state index is 14.1. The molecule has 1 amide bonds. The molecule has 0 spiro atoms. The number of halogens is 2. The molecule has 0 radical (unpaired) electrons. The molecule has 0 aromatic heterocycles. The lowest BCUT2D eigenvalue weighted by Crippen LogP contribution is -2.36. The maximum absolute atomic E-state index is 14.1. The lowest BCUT2D eigenvalue weighted by molar-refractivity contribution is -0.129. The maximum Gasteiger partial charge on any atom is 0.224 e. The first kappa shape index (κ1) is 14.5. The Morgan fingerprint density at radius 1 is 1.53 bits per heavy atom. The molecule has 1 aliphatic rings. The van der Waals surface area contributed by atoms with Gasteiger partial charge in [-0.1, -0.05) is 35.8 Å². The summed E-state index contributed by atoms with van der Waals surface area (Å²) in [5.74, 6) is 0.0158. The summed E-state index contributed by atoms with van der Waals surface area (Å²) >= 11 is 3.24. The molecule has 0 aliphatic carbocycles. The van der Waals surface area contributed by atoms with Crippen molar-refractivity contribution in [3.63, 3.8) is 0 Å². The highest BCUT2D eigenvalue weighted by Gasteiger charge is 2.39. The number of nitrogens with zero attached hydrogens (tertiary/aromatic N) is 1. The summed E-state index contributed by atoms with van der Waals surface area (Å²) < 4.78 is 14.8. The van der Waals surface area contributed by atoms with Crippen LogP contribution < -0.4 is 5.73 Å². The molecule has 0 bridgehead atoms. The molecule has 2 rings (SSSR count). The smallest absolute Gasteiger partial charge is 0.224 e. The van der Waals surface area contributed by atoms with Crippen molar-refractivity contribution in [3.8, 4) is 0 Å². The van der Waals surface area contributed by atoms with Gasteiger partial charge in [0.15, 0.2) is 0 Å². The van der Waals surface area contributed by atoms with E-state index in [0.29, 0.717) is 22.5 Å². The topological polar surface area (TPSA) is 46.3 Å². The van der Waals surface area contributed by atoms with Crippen molar-refractivity contribution in [2.24, 2.45) is 11.7 Å². The molecule has 2 atom stereocenters. The molecule has 1 saturated heterocycles. The van der Waals surface area contributed by atoms with E-state index in [1.807, 2.05) is 13.8 Å². The Balaban J connectivity index is 2.36. The standard InChI is InChI=1S/C14H18BrFN2O/c1-8(2)7-18-13(19)6-12(17)14(18)10-4-3-9(15)5-11(10)16/h3-5,8,12,14H,6-7,17H2,1-2H3. The van der Waals surface area contributed by atoms with Gasteiger partial charge in [0.2, 0.25) is 5.91 Å². The van der Waals surface area contributed by atoms with Crippen LogP contribution in [0.1, 0.15) is 31.9 Å². The number of nitrogens with two attached hydrogens (primary N) is 1. The lowest BCUT2D eigenvalue weighted by Gasteiger charge is -2.29. The normalized spacial score (nSPS) is 23.5. The Morgan fingerprint density at radius 2 is 2.21 bits per heavy atom. The average Bonchev–Trinajstić information content (AvgIpc) is 2.54. The Morgan fingerprint density at radius 3 is 2.79 bits per heavy atom. The molecule has 1 aliphatic heterocycles. The van der Waals surface area contributed by atoms with Crippen LogP contribution >= 0.6 is 15.9 Å². The van der Waals surface area contributed by atoms with Crippen molar-refractivity contribution in [2.75, 3.05) is 6.54 Å². The van der Waals surface area contributed by atoms with Gasteiger partial charge in [0, 0.05) is 29.0 Å². The predicted molar refractivity (Wildman–Crippen MR) is 76.0 cm³/mol. The third kappa shape index (κ3) is 2.98. The van der Waals surface area contributed by atoms with Crippen molar-refractivity contribution in [2.45, 2.75) is 32.4 Å². The lowest BCUT2D eigenvalue weighted by atomic mass is 9.99. The number of carbonyl (C=O) groups is 1. The van der Waals surface area contributed by atoms with Crippen LogP contribution in [0.2, 0.25) is 0 Å². The predicted octanol–water partition coefficient (Wildman–Crippen LogP) is 2.84. The zero-order valence-electron chi connectivity index (χ0n) is 11.1. The second-order valence-corrected chi connectivity index (χ2v) is 6.33. The highest BCUT2D eigenvalue weighted by atomic mass is 79.9. The van der Waals surface area contributed by atoms with Gasteiger partial charge in [-0.2, -0.15) is 0 Å². The largest absolute Gasteiger partial charge is 0.334 e. The molecule has 2 N–H and O–H groups in total. The third-order valence-electron chi connectivity index (χ3n) is 3.31. The Kier molecular flexibility index (Phi) is 4.26. The quantitative estimate of drug-likeness (QED) is 0.927. The number of hydrogen-bond donors (Lipinski definition) is 1. The third-order valence-corrected chi connectivity index (χ3v) is 3.81. The van der Waals surface area contributed by atoms with Gasteiger partial charge in [0.05, 0.1) is 6.04 Å². The number of amides is 1. The van der Waals surface area contributed by atoms with Crippen LogP contribution in [-0.2, 0) is 4.79 Å². The summed E-state index contributed by atoms with van der Waals surface area (Å²) in [7, 11) is 0. The van der Waals surface area contributed by atoms with Gasteiger partial charge in [0.1, 0.15) is 5.82 Å². The molecule has 1 fully saturated rings. The molecule has 3 nitrogen and oxygen atoms in total. The van der Waals surface area contributed by atoms with Crippen LogP contribution in [0.4, 0.5) is 4.39 Å². The minimum atomic E-state index is -0.358. The van der Waals surface area contributed by atoms with E-state index in [9.17, 15) is 9.18 Å². The molecule has 1 aromatic rings. The fourth-order valence-electron chi connectivity index (χ4n) is 2.57. The van der Waals surface area contributed by atoms with Gasteiger partial charge >= 0.3 is 0 Å². The van der Waals surface area contributed by atoms with Gasteiger partial charge in [0.25, 0.3) is 0 Å². The molecule has 2 unspecified atom stereocenters. The van der Waals surface area contributed by atoms with E-state index in [0.717, 1.165) is 0 Å². The Bertz CT molecular complexity index is 492. The summed E-state index contributed by atoms with van der Waals surface area (Å²) in [5.41, 5.74) is 6.54. The van der Waals surface area contributed by atoms with Crippen molar-refractivity contribution in [3.05, 3.63) is 34.1 Å². The number of likely N-dealkylation sites (tertiary alicyclic amines) is 1. The van der Waals surface area contributed by atoms with Crippen LogP contribution in [0.15, 0.2) is 22.7 Å². The fourth-order valence-corrected chi connectivity index (χ4v) is 2.90. The van der Waals surface area contributed by atoms with Crippen molar-refractivity contribution in [1.82, 2.24) is 4.90 Å². The van der Waals surface area contributed by atoms with E-state index in [2.05, 4.69) is 15.9 Å². The SMILES string of the molecule is CC(C)CN1C(=O)CC(N)C1c1ccc(Br)cc1F. The minimum Gasteiger partial charge on any atom is -0.334 e. The van der Waals surface area contributed by atoms with E-state index < -0.39 is 0 Å². The van der Waals surface area contributed by atoms with Gasteiger partial charge in [-0.3, -0.25) is 4.79 Å². The van der Waals surface area contributed by atoms with Gasteiger partial charge in [-0.05, 0) is 18.1 Å². The summed E-state index contributed by atoms with van der Waals surface area (Å²) in [6.45, 7) is 4.67. The van der Waals surface area contributed by atoms with E-state index in [1.165, 1.54) is 6.07 Å². The summed E-state index contributed by atoms with van der Waals surface area (Å²) in [6.07, 6.45) is 0.285. The first-order valence-corrected chi connectivity index (χ1v) is 7.19. The van der Waals surface area contributed by atoms with Crippen LogP contribution in [0, 0.1) is 11.7 Å². The molecule has 0 saturated carbocycles. The molecule has 1 heterocycles. The fraction of sp³-hybridized carbons (Fsp3) is 0.500. The average molecular weight is 329 g/mol. The number of carbonyl (C=O) groups excluding carboxylic acids is 1. The monoisotopic (exact) mass is 328 g/mol. The summed E-state index contributed by atoms with van der Waals surface area (Å²) in [6, 6.07) is 4.19. The Labute approximate surface area is 121 Å². The molecule has 104 valence electrons. The molecule has 19 heavy (non-hydrogen) atoms. The zero-order valence-corrected chi connectivity index (χ0v) is 12.7. The Hall–Kier alpha value is -0.940. The number of rotatable bonds is 3. The van der Waals surface area contributed by atoms with Crippen molar-refractivity contribution in [1.29, 1.82) is 0 Å². The van der Waals surface area contributed by atoms with Crippen LogP contribution in [-0.4, -0.2) is 23.4 Å². The van der Waals surface area contributed by atoms with Crippen LogP contribution in [0.25, 0.3) is 0 Å². The summed E-state index contributed by atoms with van der Waals surface area (Å²) in [4.78, 5) is 13.7. The van der Waals surface area contributed by atoms with Crippen LogP contribution in [0.5, 0.6) is 0 Å². The molecule has 5 heteroatoms. The van der Waals surface area contributed by atoms with Gasteiger partial charge in [-0.25, -0.2) is 4.39 Å². The second-order valence-electron chi connectivity index (χ2n) is 5.42. The first-order chi connectivity index (χ1) is 8.90. The van der Waals surface area contributed by atoms with E-state index in [4.69, 9.17) is 5.73 Å². The number of benzene rings is 1. The first-order valence-electron chi connectivity index (χ1n) is 6.40. The second kappa shape index (κ2) is 5.59. The van der Waals surface area contributed by atoms with Crippen LogP contribution in [0.3, 0.4) is 0 Å². The van der Waals surface area contributed by atoms with Gasteiger partial charge < -0.3 is 10.6 Å². The van der Waals surface area contributed by atoms with Gasteiger partial charge in [-0.15, -0.1) is 0 Å². The molecular weight excluding hydrogens is 311 g/mol. The highest BCUT2D eigenvalue weighted by molar-refractivity contribution is 9.10. The molecular formula is C14H18BrFN2O. The highest BCUT2D eigenvalue weighted by Crippen LogP contribution is 2.34. The van der Waals surface area contributed by atoms with E-state index in [-0.39, 0.29) is 30.2 Å². The van der Waals surface area contributed by atoms with E-state index >= 15 is 0 Å².